The van der Waals surface area contributed by atoms with Gasteiger partial charge in [0.05, 0.1) is 24.7 Å². The molecule has 4 aromatic rings. The van der Waals surface area contributed by atoms with E-state index in [1.807, 2.05) is 79.2 Å². The van der Waals surface area contributed by atoms with Crippen LogP contribution in [0.3, 0.4) is 0 Å². The van der Waals surface area contributed by atoms with Crippen molar-refractivity contribution in [3.63, 3.8) is 0 Å². The van der Waals surface area contributed by atoms with Gasteiger partial charge >= 0.3 is 6.03 Å². The maximum atomic E-state index is 12.5. The van der Waals surface area contributed by atoms with Crippen LogP contribution in [0.2, 0.25) is 10.0 Å². The molecule has 2 N–H and O–H groups in total. The molecule has 0 fully saturated rings. The number of nitrogens with zero attached hydrogens (tertiary/aromatic N) is 2. The van der Waals surface area contributed by atoms with E-state index in [9.17, 15) is 4.79 Å². The Labute approximate surface area is 214 Å². The molecule has 0 radical (unpaired) electrons. The second-order valence-electron chi connectivity index (χ2n) is 7.89. The predicted molar refractivity (Wildman–Crippen MR) is 144 cm³/mol. The van der Waals surface area contributed by atoms with E-state index in [2.05, 4.69) is 15.6 Å². The highest BCUT2D eigenvalue weighted by molar-refractivity contribution is 6.37. The van der Waals surface area contributed by atoms with E-state index in [0.29, 0.717) is 27.2 Å². The molecule has 35 heavy (non-hydrogen) atoms. The standard InChI is InChI=1S/C27H24Cl2N4O2/c1-17-7-13-25(35-3)23(15-17)32-27(34)31-19-10-8-18(9-11-19)24-16-30-26(33(24)2)14-12-20-21(28)5-4-6-22(20)29/h4-16H,1-3H3,(H2,31,32,34)/b14-12+. The number of carbonyl (C=O) groups excluding carboxylic acids is 1. The van der Waals surface area contributed by atoms with Crippen LogP contribution >= 0.6 is 23.2 Å². The summed E-state index contributed by atoms with van der Waals surface area (Å²) in [6.45, 7) is 1.95. The fourth-order valence-electron chi connectivity index (χ4n) is 3.60. The minimum absolute atomic E-state index is 0.354. The maximum Gasteiger partial charge on any atom is 0.323 e. The molecule has 1 aromatic heterocycles. The van der Waals surface area contributed by atoms with Gasteiger partial charge in [-0.15, -0.1) is 0 Å². The number of hydrogen-bond acceptors (Lipinski definition) is 3. The lowest BCUT2D eigenvalue weighted by atomic mass is 10.1. The fourth-order valence-corrected chi connectivity index (χ4v) is 4.13. The first-order chi connectivity index (χ1) is 16.9. The van der Waals surface area contributed by atoms with Gasteiger partial charge in [0.1, 0.15) is 11.6 Å². The fraction of sp³-hybridized carbons (Fsp3) is 0.111. The molecule has 0 atom stereocenters. The number of nitrogens with one attached hydrogen (secondary N) is 2. The second kappa shape index (κ2) is 10.7. The zero-order chi connectivity index (χ0) is 24.9. The first-order valence-corrected chi connectivity index (χ1v) is 11.6. The van der Waals surface area contributed by atoms with Crippen LogP contribution in [0.5, 0.6) is 5.75 Å². The minimum atomic E-state index is -0.354. The van der Waals surface area contributed by atoms with Crippen molar-refractivity contribution in [1.82, 2.24) is 9.55 Å². The molecule has 178 valence electrons. The number of aromatic nitrogens is 2. The normalized spacial score (nSPS) is 11.0. The Hall–Kier alpha value is -3.74. The average Bonchev–Trinajstić information content (AvgIpc) is 3.19. The Morgan fingerprint density at radius 1 is 1.00 bits per heavy atom. The van der Waals surface area contributed by atoms with Crippen LogP contribution in [0.25, 0.3) is 23.4 Å². The molecule has 3 aromatic carbocycles. The van der Waals surface area contributed by atoms with Gasteiger partial charge in [-0.2, -0.15) is 0 Å². The maximum absolute atomic E-state index is 12.5. The molecular formula is C27H24Cl2N4O2. The van der Waals surface area contributed by atoms with Crippen molar-refractivity contribution in [1.29, 1.82) is 0 Å². The molecule has 1 heterocycles. The van der Waals surface area contributed by atoms with E-state index < -0.39 is 0 Å². The summed E-state index contributed by atoms with van der Waals surface area (Å²) >= 11 is 12.5. The zero-order valence-electron chi connectivity index (χ0n) is 19.5. The molecule has 6 nitrogen and oxygen atoms in total. The number of benzene rings is 3. The molecular weight excluding hydrogens is 483 g/mol. The van der Waals surface area contributed by atoms with E-state index in [-0.39, 0.29) is 6.03 Å². The molecule has 0 unspecified atom stereocenters. The van der Waals surface area contributed by atoms with Gasteiger partial charge in [0.15, 0.2) is 0 Å². The number of hydrogen-bond donors (Lipinski definition) is 2. The smallest absolute Gasteiger partial charge is 0.323 e. The third kappa shape index (κ3) is 5.67. The van der Waals surface area contributed by atoms with Crippen LogP contribution in [0.15, 0.2) is 66.9 Å². The Kier molecular flexibility index (Phi) is 7.44. The lowest BCUT2D eigenvalue weighted by molar-refractivity contribution is 0.262. The van der Waals surface area contributed by atoms with Crippen molar-refractivity contribution < 1.29 is 9.53 Å². The lowest BCUT2D eigenvalue weighted by Crippen LogP contribution is -2.19. The van der Waals surface area contributed by atoms with Gasteiger partial charge in [-0.1, -0.05) is 47.5 Å². The summed E-state index contributed by atoms with van der Waals surface area (Å²) < 4.78 is 7.29. The topological polar surface area (TPSA) is 68.2 Å². The van der Waals surface area contributed by atoms with Crippen molar-refractivity contribution in [2.24, 2.45) is 7.05 Å². The van der Waals surface area contributed by atoms with Crippen LogP contribution in [0, 0.1) is 6.92 Å². The predicted octanol–water partition coefficient (Wildman–Crippen LogP) is 7.53. The number of urea groups is 1. The summed E-state index contributed by atoms with van der Waals surface area (Å²) in [6.07, 6.45) is 5.52. The number of anilines is 2. The van der Waals surface area contributed by atoms with Crippen molar-refractivity contribution >= 4 is 52.8 Å². The van der Waals surface area contributed by atoms with Gasteiger partial charge in [-0.05, 0) is 66.6 Å². The summed E-state index contributed by atoms with van der Waals surface area (Å²) in [6, 6.07) is 18.2. The molecule has 0 spiro atoms. The summed E-state index contributed by atoms with van der Waals surface area (Å²) in [7, 11) is 3.50. The van der Waals surface area contributed by atoms with Gasteiger partial charge in [-0.25, -0.2) is 9.78 Å². The van der Waals surface area contributed by atoms with Crippen LogP contribution in [0.4, 0.5) is 16.2 Å². The summed E-state index contributed by atoms with van der Waals surface area (Å²) in [5.74, 6) is 1.35. The summed E-state index contributed by atoms with van der Waals surface area (Å²) in [5, 5.41) is 6.83. The molecule has 2 amide bonds. The molecule has 0 aliphatic rings. The van der Waals surface area contributed by atoms with Gasteiger partial charge in [0.25, 0.3) is 0 Å². The third-order valence-corrected chi connectivity index (χ3v) is 6.12. The van der Waals surface area contributed by atoms with Gasteiger partial charge in [0.2, 0.25) is 0 Å². The average molecular weight is 507 g/mol. The van der Waals surface area contributed by atoms with Crippen molar-refractivity contribution in [3.8, 4) is 17.0 Å². The van der Waals surface area contributed by atoms with Crippen molar-refractivity contribution in [3.05, 3.63) is 93.9 Å². The molecule has 0 saturated heterocycles. The SMILES string of the molecule is COc1ccc(C)cc1NC(=O)Nc1ccc(-c2cnc(/C=C/c3c(Cl)cccc3Cl)n2C)cc1. The van der Waals surface area contributed by atoms with Crippen LogP contribution in [0.1, 0.15) is 17.0 Å². The largest absolute Gasteiger partial charge is 0.495 e. The zero-order valence-corrected chi connectivity index (χ0v) is 21.0. The molecule has 0 aliphatic carbocycles. The van der Waals surface area contributed by atoms with Crippen LogP contribution < -0.4 is 15.4 Å². The van der Waals surface area contributed by atoms with Gasteiger partial charge in [0, 0.05) is 28.3 Å². The first-order valence-electron chi connectivity index (χ1n) is 10.8. The molecule has 0 bridgehead atoms. The Bertz CT molecular complexity index is 1370. The quantitative estimate of drug-likeness (QED) is 0.284. The number of halogens is 2. The highest BCUT2D eigenvalue weighted by atomic mass is 35.5. The van der Waals surface area contributed by atoms with E-state index in [1.165, 1.54) is 0 Å². The van der Waals surface area contributed by atoms with E-state index in [4.69, 9.17) is 27.9 Å². The highest BCUT2D eigenvalue weighted by Gasteiger charge is 2.10. The Morgan fingerprint density at radius 3 is 2.40 bits per heavy atom. The third-order valence-electron chi connectivity index (χ3n) is 5.46. The summed E-state index contributed by atoms with van der Waals surface area (Å²) in [4.78, 5) is 17.0. The van der Waals surface area contributed by atoms with Crippen molar-refractivity contribution in [2.75, 3.05) is 17.7 Å². The van der Waals surface area contributed by atoms with Gasteiger partial charge < -0.3 is 19.9 Å². The number of imidazole rings is 1. The van der Waals surface area contributed by atoms with Gasteiger partial charge in [-0.3, -0.25) is 0 Å². The van der Waals surface area contributed by atoms with E-state index in [1.54, 1.807) is 25.4 Å². The second-order valence-corrected chi connectivity index (χ2v) is 8.70. The Morgan fingerprint density at radius 2 is 1.71 bits per heavy atom. The minimum Gasteiger partial charge on any atom is -0.495 e. The number of ether oxygens (including phenoxy) is 1. The number of amides is 2. The molecule has 0 saturated carbocycles. The van der Waals surface area contributed by atoms with E-state index in [0.717, 1.165) is 28.2 Å². The first kappa shape index (κ1) is 24.4. The van der Waals surface area contributed by atoms with Crippen molar-refractivity contribution in [2.45, 2.75) is 6.92 Å². The summed E-state index contributed by atoms with van der Waals surface area (Å²) in [5.41, 5.74) is 4.92. The van der Waals surface area contributed by atoms with Crippen LogP contribution in [-0.4, -0.2) is 22.7 Å². The molecule has 0 aliphatic heterocycles. The van der Waals surface area contributed by atoms with E-state index >= 15 is 0 Å². The number of rotatable bonds is 6. The van der Waals surface area contributed by atoms with Crippen LogP contribution in [-0.2, 0) is 7.05 Å². The lowest BCUT2D eigenvalue weighted by Gasteiger charge is -2.12. The molecule has 4 rings (SSSR count). The highest BCUT2D eigenvalue weighted by Crippen LogP contribution is 2.28. The monoisotopic (exact) mass is 506 g/mol. The Balaban J connectivity index is 1.46. The number of methoxy groups -OCH3 is 1. The number of carbonyl (C=O) groups is 1. The number of aryl methyl sites for hydroxylation is 1. The molecule has 8 heteroatoms.